The maximum absolute atomic E-state index is 13.3. The van der Waals surface area contributed by atoms with Crippen LogP contribution in [-0.4, -0.2) is 31.1 Å². The van der Waals surface area contributed by atoms with E-state index in [-0.39, 0.29) is 5.56 Å². The first-order chi connectivity index (χ1) is 8.06. The second-order valence-corrected chi connectivity index (χ2v) is 4.28. The van der Waals surface area contributed by atoms with Crippen molar-refractivity contribution in [2.24, 2.45) is 0 Å². The minimum atomic E-state index is -0.477. The van der Waals surface area contributed by atoms with Gasteiger partial charge in [-0.15, -0.1) is 0 Å². The molecule has 3 nitrogen and oxygen atoms in total. The molecule has 0 fully saturated rings. The van der Waals surface area contributed by atoms with Crippen LogP contribution in [0.3, 0.4) is 0 Å². The number of nitriles is 1. The van der Waals surface area contributed by atoms with Crippen LogP contribution < -0.4 is 5.32 Å². The second-order valence-electron chi connectivity index (χ2n) is 4.28. The molecule has 0 saturated heterocycles. The normalized spacial score (nSPS) is 10.6. The zero-order valence-corrected chi connectivity index (χ0v) is 10.5. The van der Waals surface area contributed by atoms with Crippen molar-refractivity contribution in [1.29, 1.82) is 5.26 Å². The molecule has 1 rings (SSSR count). The predicted octanol–water partition coefficient (Wildman–Crippen LogP) is 2.45. The average Bonchev–Trinajstić information content (AvgIpc) is 2.29. The summed E-state index contributed by atoms with van der Waals surface area (Å²) in [6.07, 6.45) is 0. The van der Waals surface area contributed by atoms with Gasteiger partial charge in [0.25, 0.3) is 0 Å². The van der Waals surface area contributed by atoms with E-state index in [9.17, 15) is 4.39 Å². The van der Waals surface area contributed by atoms with Gasteiger partial charge in [0, 0.05) is 19.1 Å². The van der Waals surface area contributed by atoms with Crippen LogP contribution in [0.15, 0.2) is 18.2 Å². The number of hydrogen-bond donors (Lipinski definition) is 1. The van der Waals surface area contributed by atoms with E-state index in [1.54, 1.807) is 12.1 Å². The fraction of sp³-hybridized carbons (Fsp3) is 0.462. The van der Waals surface area contributed by atoms with E-state index in [1.807, 2.05) is 13.1 Å². The third-order valence-corrected chi connectivity index (χ3v) is 2.79. The number of hydrogen-bond acceptors (Lipinski definition) is 3. The molecule has 0 amide bonds. The first-order valence-electron chi connectivity index (χ1n) is 5.69. The maximum Gasteiger partial charge on any atom is 0.143 e. The molecule has 0 unspecified atom stereocenters. The molecule has 17 heavy (non-hydrogen) atoms. The molecule has 0 bridgehead atoms. The van der Waals surface area contributed by atoms with Gasteiger partial charge in [-0.25, -0.2) is 4.39 Å². The van der Waals surface area contributed by atoms with Crippen molar-refractivity contribution in [2.45, 2.75) is 19.9 Å². The number of rotatable bonds is 5. The molecule has 0 radical (unpaired) electrons. The standard InChI is InChI=1S/C13H18FN3/c1-10(2)17(3)8-7-16-13-6-4-5-12(14)11(13)9-15/h4-6,10,16H,7-8H2,1-3H3. The van der Waals surface area contributed by atoms with Gasteiger partial charge in [0.05, 0.1) is 5.69 Å². The average molecular weight is 235 g/mol. The summed E-state index contributed by atoms with van der Waals surface area (Å²) < 4.78 is 13.3. The summed E-state index contributed by atoms with van der Waals surface area (Å²) in [5.74, 6) is -0.477. The van der Waals surface area contributed by atoms with Crippen LogP contribution in [0.1, 0.15) is 19.4 Å². The lowest BCUT2D eigenvalue weighted by Gasteiger charge is -2.21. The Morgan fingerprint density at radius 3 is 2.76 bits per heavy atom. The van der Waals surface area contributed by atoms with E-state index in [4.69, 9.17) is 5.26 Å². The molecule has 0 aliphatic carbocycles. The summed E-state index contributed by atoms with van der Waals surface area (Å²) >= 11 is 0. The van der Waals surface area contributed by atoms with E-state index in [0.29, 0.717) is 18.3 Å². The smallest absolute Gasteiger partial charge is 0.143 e. The van der Waals surface area contributed by atoms with Crippen molar-refractivity contribution >= 4 is 5.69 Å². The number of benzene rings is 1. The number of nitrogens with zero attached hydrogens (tertiary/aromatic N) is 2. The molecule has 0 aromatic heterocycles. The highest BCUT2D eigenvalue weighted by Crippen LogP contribution is 2.17. The molecule has 0 aliphatic rings. The second kappa shape index (κ2) is 6.21. The highest BCUT2D eigenvalue weighted by Gasteiger charge is 2.07. The molecule has 0 spiro atoms. The Morgan fingerprint density at radius 1 is 1.47 bits per heavy atom. The lowest BCUT2D eigenvalue weighted by Crippen LogP contribution is -2.31. The van der Waals surface area contributed by atoms with Gasteiger partial charge in [0.15, 0.2) is 0 Å². The number of anilines is 1. The van der Waals surface area contributed by atoms with Gasteiger partial charge in [-0.1, -0.05) is 6.07 Å². The Morgan fingerprint density at radius 2 is 2.18 bits per heavy atom. The molecule has 0 heterocycles. The monoisotopic (exact) mass is 235 g/mol. The van der Waals surface area contributed by atoms with Gasteiger partial charge in [0.1, 0.15) is 17.4 Å². The van der Waals surface area contributed by atoms with Crippen LogP contribution in [0.4, 0.5) is 10.1 Å². The van der Waals surface area contributed by atoms with E-state index >= 15 is 0 Å². The lowest BCUT2D eigenvalue weighted by molar-refractivity contribution is 0.284. The molecule has 0 saturated carbocycles. The van der Waals surface area contributed by atoms with Gasteiger partial charge < -0.3 is 10.2 Å². The fourth-order valence-electron chi connectivity index (χ4n) is 1.41. The maximum atomic E-state index is 13.3. The molecule has 4 heteroatoms. The van der Waals surface area contributed by atoms with E-state index in [1.165, 1.54) is 6.07 Å². The van der Waals surface area contributed by atoms with E-state index in [2.05, 4.69) is 24.1 Å². The van der Waals surface area contributed by atoms with Crippen molar-refractivity contribution in [2.75, 3.05) is 25.5 Å². The summed E-state index contributed by atoms with van der Waals surface area (Å²) in [4.78, 5) is 2.18. The topological polar surface area (TPSA) is 39.1 Å². The van der Waals surface area contributed by atoms with Crippen molar-refractivity contribution in [3.8, 4) is 6.07 Å². The molecule has 1 aromatic rings. The minimum absolute atomic E-state index is 0.0831. The van der Waals surface area contributed by atoms with Gasteiger partial charge in [-0.05, 0) is 33.0 Å². The van der Waals surface area contributed by atoms with Gasteiger partial charge in [-0.2, -0.15) is 5.26 Å². The summed E-state index contributed by atoms with van der Waals surface area (Å²) in [6, 6.07) is 6.96. The summed E-state index contributed by atoms with van der Waals surface area (Å²) in [5, 5.41) is 11.9. The van der Waals surface area contributed by atoms with E-state index < -0.39 is 5.82 Å². The molecule has 1 N–H and O–H groups in total. The fourth-order valence-corrected chi connectivity index (χ4v) is 1.41. The van der Waals surface area contributed by atoms with Crippen molar-refractivity contribution < 1.29 is 4.39 Å². The van der Waals surface area contributed by atoms with Crippen molar-refractivity contribution in [3.05, 3.63) is 29.6 Å². The van der Waals surface area contributed by atoms with E-state index in [0.717, 1.165) is 6.54 Å². The Labute approximate surface area is 102 Å². The number of likely N-dealkylation sites (N-methyl/N-ethyl adjacent to an activating group) is 1. The summed E-state index contributed by atoms with van der Waals surface area (Å²) in [7, 11) is 2.03. The summed E-state index contributed by atoms with van der Waals surface area (Å²) in [5.41, 5.74) is 0.643. The third kappa shape index (κ3) is 3.72. The van der Waals surface area contributed by atoms with Crippen LogP contribution in [0.5, 0.6) is 0 Å². The molecule has 0 aliphatic heterocycles. The molecular formula is C13H18FN3. The number of halogens is 1. The Bertz CT molecular complexity index is 410. The Hall–Kier alpha value is -1.60. The van der Waals surface area contributed by atoms with Gasteiger partial charge in [-0.3, -0.25) is 0 Å². The van der Waals surface area contributed by atoms with Crippen molar-refractivity contribution in [3.63, 3.8) is 0 Å². The first-order valence-corrected chi connectivity index (χ1v) is 5.69. The lowest BCUT2D eigenvalue weighted by atomic mass is 10.2. The molecular weight excluding hydrogens is 217 g/mol. The minimum Gasteiger partial charge on any atom is -0.383 e. The van der Waals surface area contributed by atoms with Crippen LogP contribution in [0.2, 0.25) is 0 Å². The first kappa shape index (κ1) is 13.5. The zero-order chi connectivity index (χ0) is 12.8. The largest absolute Gasteiger partial charge is 0.383 e. The van der Waals surface area contributed by atoms with Crippen LogP contribution in [-0.2, 0) is 0 Å². The molecule has 1 aromatic carbocycles. The molecule has 0 atom stereocenters. The highest BCUT2D eigenvalue weighted by molar-refractivity contribution is 5.57. The van der Waals surface area contributed by atoms with Crippen LogP contribution in [0, 0.1) is 17.1 Å². The highest BCUT2D eigenvalue weighted by atomic mass is 19.1. The molecule has 92 valence electrons. The SMILES string of the molecule is CC(C)N(C)CCNc1cccc(F)c1C#N. The number of nitrogens with one attached hydrogen (secondary N) is 1. The zero-order valence-electron chi connectivity index (χ0n) is 10.5. The predicted molar refractivity (Wildman–Crippen MR) is 67.4 cm³/mol. The Kier molecular flexibility index (Phi) is 4.92. The van der Waals surface area contributed by atoms with Crippen molar-refractivity contribution in [1.82, 2.24) is 4.90 Å². The van der Waals surface area contributed by atoms with Gasteiger partial charge in [0.2, 0.25) is 0 Å². The van der Waals surface area contributed by atoms with Crippen LogP contribution >= 0.6 is 0 Å². The Balaban J connectivity index is 2.59. The summed E-state index contributed by atoms with van der Waals surface area (Å²) in [6.45, 7) is 5.76. The van der Waals surface area contributed by atoms with Crippen LogP contribution in [0.25, 0.3) is 0 Å². The van der Waals surface area contributed by atoms with Gasteiger partial charge >= 0.3 is 0 Å². The quantitative estimate of drug-likeness (QED) is 0.852. The third-order valence-electron chi connectivity index (χ3n) is 2.79.